The van der Waals surface area contributed by atoms with Crippen LogP contribution in [0.4, 0.5) is 0 Å². The highest BCUT2D eigenvalue weighted by Gasteiger charge is 2.58. The summed E-state index contributed by atoms with van der Waals surface area (Å²) in [5, 5.41) is 0. The average molecular weight is 322 g/mol. The first kappa shape index (κ1) is 17.5. The molecule has 2 aliphatic rings. The number of hydrogen-bond donors (Lipinski definition) is 0. The predicted molar refractivity (Wildman–Crippen MR) is 79.3 cm³/mol. The van der Waals surface area contributed by atoms with Crippen LogP contribution in [-0.4, -0.2) is 70.5 Å². The molecule has 0 radical (unpaired) electrons. The van der Waals surface area contributed by atoms with Crippen LogP contribution in [0.2, 0.25) is 0 Å². The van der Waals surface area contributed by atoms with Crippen molar-refractivity contribution in [2.45, 2.75) is 42.3 Å². The number of methoxy groups -OCH3 is 3. The summed E-state index contributed by atoms with van der Waals surface area (Å²) in [6.45, 7) is 0.849. The lowest BCUT2D eigenvalue weighted by atomic mass is 9.94. The van der Waals surface area contributed by atoms with E-state index in [-0.39, 0.29) is 36.6 Å². The van der Waals surface area contributed by atoms with Crippen molar-refractivity contribution in [3.8, 4) is 0 Å². The number of ether oxygens (including phenoxy) is 6. The van der Waals surface area contributed by atoms with E-state index in [1.165, 1.54) is 0 Å². The van der Waals surface area contributed by atoms with Crippen molar-refractivity contribution in [2.75, 3.05) is 47.5 Å². The third-order valence-corrected chi connectivity index (χ3v) is 5.80. The summed E-state index contributed by atoms with van der Waals surface area (Å²) in [6, 6.07) is 0. The summed E-state index contributed by atoms with van der Waals surface area (Å²) in [5.41, 5.74) is 0. The second kappa shape index (κ2) is 8.67. The molecule has 0 aromatic rings. The molecule has 7 heteroatoms. The van der Waals surface area contributed by atoms with Crippen molar-refractivity contribution in [3.05, 3.63) is 0 Å². The average Bonchev–Trinajstić information content (AvgIpc) is 3.06. The lowest BCUT2D eigenvalue weighted by molar-refractivity contribution is -0.170. The Balaban J connectivity index is 2.07. The molecular formula is C14H26O6S. The van der Waals surface area contributed by atoms with Gasteiger partial charge in [-0.1, -0.05) is 0 Å². The largest absolute Gasteiger partial charge is 0.359 e. The molecule has 1 aliphatic heterocycles. The highest BCUT2D eigenvalue weighted by atomic mass is 32.2. The van der Waals surface area contributed by atoms with Crippen LogP contribution < -0.4 is 0 Å². The lowest BCUT2D eigenvalue weighted by Gasteiger charge is -2.37. The second-order valence-corrected chi connectivity index (χ2v) is 6.71. The minimum Gasteiger partial charge on any atom is -0.359 e. The van der Waals surface area contributed by atoms with Crippen LogP contribution in [0.3, 0.4) is 0 Å². The van der Waals surface area contributed by atoms with Gasteiger partial charge in [0.15, 0.2) is 0 Å². The normalized spacial score (nSPS) is 35.9. The highest BCUT2D eigenvalue weighted by Crippen LogP contribution is 2.53. The number of rotatable bonds is 9. The summed E-state index contributed by atoms with van der Waals surface area (Å²) in [5.74, 6) is 0.880. The molecule has 1 spiro atoms. The molecule has 0 N–H and O–H groups in total. The van der Waals surface area contributed by atoms with Gasteiger partial charge >= 0.3 is 0 Å². The molecule has 1 saturated heterocycles. The van der Waals surface area contributed by atoms with Crippen LogP contribution in [0.1, 0.15) is 19.3 Å². The van der Waals surface area contributed by atoms with E-state index in [1.54, 1.807) is 21.3 Å². The van der Waals surface area contributed by atoms with Gasteiger partial charge < -0.3 is 28.4 Å². The van der Waals surface area contributed by atoms with Gasteiger partial charge in [-0.3, -0.25) is 0 Å². The van der Waals surface area contributed by atoms with Gasteiger partial charge in [0, 0.05) is 27.1 Å². The molecule has 1 heterocycles. The molecular weight excluding hydrogens is 296 g/mol. The molecule has 0 amide bonds. The number of thioether (sulfide) groups is 1. The molecule has 0 aromatic heterocycles. The first-order chi connectivity index (χ1) is 10.3. The molecule has 1 saturated carbocycles. The minimum absolute atomic E-state index is 0.00292. The van der Waals surface area contributed by atoms with Crippen molar-refractivity contribution in [1.82, 2.24) is 0 Å². The summed E-state index contributed by atoms with van der Waals surface area (Å²) >= 11 is 1.89. The van der Waals surface area contributed by atoms with Crippen LogP contribution in [0.15, 0.2) is 0 Å². The Morgan fingerprint density at radius 3 is 2.33 bits per heavy atom. The van der Waals surface area contributed by atoms with Crippen molar-refractivity contribution in [3.63, 3.8) is 0 Å². The SMILES string of the molecule is COCO[C@H]1CCC[C@@]12SC[C@@H](OCOC)[C@H]2OCOC. The van der Waals surface area contributed by atoms with Gasteiger partial charge in [0.25, 0.3) is 0 Å². The Morgan fingerprint density at radius 1 is 0.952 bits per heavy atom. The summed E-state index contributed by atoms with van der Waals surface area (Å²) in [4.78, 5) is 0. The summed E-state index contributed by atoms with van der Waals surface area (Å²) in [7, 11) is 4.91. The fraction of sp³-hybridized carbons (Fsp3) is 1.00. The maximum absolute atomic E-state index is 5.97. The molecule has 2 rings (SSSR count). The molecule has 4 atom stereocenters. The van der Waals surface area contributed by atoms with E-state index in [2.05, 4.69) is 0 Å². The van der Waals surface area contributed by atoms with Crippen molar-refractivity contribution >= 4 is 11.8 Å². The minimum atomic E-state index is -0.0739. The molecule has 0 bridgehead atoms. The number of hydrogen-bond acceptors (Lipinski definition) is 7. The first-order valence-corrected chi connectivity index (χ1v) is 8.22. The Bertz CT molecular complexity index is 305. The van der Waals surface area contributed by atoms with Gasteiger partial charge in [0.1, 0.15) is 26.5 Å². The van der Waals surface area contributed by atoms with E-state index < -0.39 is 0 Å². The van der Waals surface area contributed by atoms with E-state index in [1.807, 2.05) is 11.8 Å². The topological polar surface area (TPSA) is 55.4 Å². The van der Waals surface area contributed by atoms with Gasteiger partial charge in [-0.15, -0.1) is 11.8 Å². The summed E-state index contributed by atoms with van der Waals surface area (Å²) in [6.07, 6.45) is 3.29. The maximum atomic E-state index is 5.97. The zero-order valence-electron chi connectivity index (χ0n) is 13.0. The molecule has 6 nitrogen and oxygen atoms in total. The third-order valence-electron chi connectivity index (χ3n) is 4.07. The van der Waals surface area contributed by atoms with E-state index in [0.717, 1.165) is 25.0 Å². The van der Waals surface area contributed by atoms with Gasteiger partial charge in [0.05, 0.1) is 17.0 Å². The monoisotopic (exact) mass is 322 g/mol. The molecule has 1 aliphatic carbocycles. The van der Waals surface area contributed by atoms with Crippen molar-refractivity contribution in [1.29, 1.82) is 0 Å². The standard InChI is InChI=1S/C14H26O6S/c1-15-8-18-11-7-21-14(13(11)20-10-17-3)6-4-5-12(14)19-9-16-2/h11-13H,4-10H2,1-3H3/t11-,12+,13-,14-/m1/s1. The zero-order chi connectivity index (χ0) is 15.1. The van der Waals surface area contributed by atoms with Crippen LogP contribution in [0.25, 0.3) is 0 Å². The van der Waals surface area contributed by atoms with Crippen LogP contribution in [-0.2, 0) is 28.4 Å². The third kappa shape index (κ3) is 3.90. The van der Waals surface area contributed by atoms with Crippen LogP contribution in [0.5, 0.6) is 0 Å². The smallest absolute Gasteiger partial charge is 0.146 e. The predicted octanol–water partition coefficient (Wildman–Crippen LogP) is 1.62. The molecule has 0 aromatic carbocycles. The van der Waals surface area contributed by atoms with Crippen LogP contribution in [0, 0.1) is 0 Å². The Hall–Kier alpha value is 0.110. The molecule has 2 fully saturated rings. The summed E-state index contributed by atoms with van der Waals surface area (Å²) < 4.78 is 32.8. The fourth-order valence-electron chi connectivity index (χ4n) is 3.24. The lowest BCUT2D eigenvalue weighted by Crippen LogP contribution is -2.50. The van der Waals surface area contributed by atoms with E-state index in [9.17, 15) is 0 Å². The van der Waals surface area contributed by atoms with E-state index in [0.29, 0.717) is 6.79 Å². The maximum Gasteiger partial charge on any atom is 0.146 e. The van der Waals surface area contributed by atoms with Gasteiger partial charge in [0.2, 0.25) is 0 Å². The van der Waals surface area contributed by atoms with Gasteiger partial charge in [-0.2, -0.15) is 0 Å². The molecule has 21 heavy (non-hydrogen) atoms. The fourth-order valence-corrected chi connectivity index (χ4v) is 5.03. The van der Waals surface area contributed by atoms with Gasteiger partial charge in [-0.05, 0) is 19.3 Å². The Kier molecular flexibility index (Phi) is 7.21. The quantitative estimate of drug-likeness (QED) is 0.598. The zero-order valence-corrected chi connectivity index (χ0v) is 13.9. The van der Waals surface area contributed by atoms with Crippen LogP contribution >= 0.6 is 11.8 Å². The Morgan fingerprint density at radius 2 is 1.62 bits per heavy atom. The van der Waals surface area contributed by atoms with Gasteiger partial charge in [-0.25, -0.2) is 0 Å². The first-order valence-electron chi connectivity index (χ1n) is 7.24. The van der Waals surface area contributed by atoms with E-state index >= 15 is 0 Å². The molecule has 0 unspecified atom stereocenters. The Labute approximate surface area is 130 Å². The van der Waals surface area contributed by atoms with Crippen molar-refractivity contribution in [2.24, 2.45) is 0 Å². The van der Waals surface area contributed by atoms with Crippen molar-refractivity contribution < 1.29 is 28.4 Å². The molecule has 124 valence electrons. The second-order valence-electron chi connectivity index (χ2n) is 5.33. The van der Waals surface area contributed by atoms with E-state index in [4.69, 9.17) is 28.4 Å². The highest BCUT2D eigenvalue weighted by molar-refractivity contribution is 8.01.